The Labute approximate surface area is 285 Å². The third kappa shape index (κ3) is 9.73. The van der Waals surface area contributed by atoms with E-state index in [1.165, 1.54) is 37.7 Å². The highest BCUT2D eigenvalue weighted by molar-refractivity contribution is 7.47. The van der Waals surface area contributed by atoms with Crippen LogP contribution in [0.2, 0.25) is 0 Å². The van der Waals surface area contributed by atoms with E-state index in [1.54, 1.807) is 0 Å². The van der Waals surface area contributed by atoms with Crippen molar-refractivity contribution >= 4 is 14.0 Å². The number of hydrogen-bond donors (Lipinski definition) is 1. The molecular weight excluding hydrogens is 617 g/mol. The molecule has 0 aromatic carbocycles. The summed E-state index contributed by atoms with van der Waals surface area (Å²) in [5, 5.41) is 0. The molecule has 3 fully saturated rings. The van der Waals surface area contributed by atoms with Crippen molar-refractivity contribution in [3.63, 3.8) is 0 Å². The molecule has 0 amide bonds. The largest absolute Gasteiger partial charge is 0.870 e. The minimum atomic E-state index is -4.19. The van der Waals surface area contributed by atoms with Gasteiger partial charge >= 0.3 is 14.0 Å². The van der Waals surface area contributed by atoms with Gasteiger partial charge < -0.3 is 24.3 Å². The minimum Gasteiger partial charge on any atom is -0.870 e. The summed E-state index contributed by atoms with van der Waals surface area (Å²) in [6.45, 7) is 14.8. The Morgan fingerprint density at radius 1 is 1.02 bits per heavy atom. The van der Waals surface area contributed by atoms with Crippen LogP contribution in [0.1, 0.15) is 99.3 Å². The van der Waals surface area contributed by atoms with E-state index in [1.807, 2.05) is 21.1 Å². The van der Waals surface area contributed by atoms with Gasteiger partial charge in [0.05, 0.1) is 27.7 Å². The van der Waals surface area contributed by atoms with E-state index in [0.717, 1.165) is 43.4 Å². The molecule has 4 aliphatic rings. The van der Waals surface area contributed by atoms with Gasteiger partial charge in [-0.1, -0.05) is 65.3 Å². The number of nitrogens with zero attached hydrogens (tertiary/aromatic N) is 1. The second-order valence-electron chi connectivity index (χ2n) is 16.8. The second kappa shape index (κ2) is 16.2. The highest BCUT2D eigenvalue weighted by atomic mass is 31.2. The first-order valence-electron chi connectivity index (χ1n) is 18.1. The predicted molar refractivity (Wildman–Crippen MR) is 185 cm³/mol. The molecule has 9 nitrogen and oxygen atoms in total. The molecule has 0 heterocycles. The van der Waals surface area contributed by atoms with Gasteiger partial charge in [0.2, 0.25) is 0 Å². The Morgan fingerprint density at radius 2 is 1.72 bits per heavy atom. The SMILES string of the molecule is CC[C@H](/C=C/[C@@H](C)[C@H]1CC[C@H]2[C@@H]3CC=C4C[C@@H](OC(=O)OCCOP(=O)(O)OCC[N+](C)(C)C)CC[C@]4(C)[C@H]3CC[C@]12C)C(C)C.[OH-]. The minimum absolute atomic E-state index is 0. The fraction of sp³-hybridized carbons (Fsp3) is 0.865. The summed E-state index contributed by atoms with van der Waals surface area (Å²) >= 11 is 0. The van der Waals surface area contributed by atoms with Crippen molar-refractivity contribution in [2.45, 2.75) is 105 Å². The van der Waals surface area contributed by atoms with Crippen molar-refractivity contribution in [3.8, 4) is 0 Å². The van der Waals surface area contributed by atoms with E-state index in [4.69, 9.17) is 18.5 Å². The average Bonchev–Trinajstić information content (AvgIpc) is 3.32. The monoisotopic (exact) mass is 683 g/mol. The molecule has 0 aliphatic heterocycles. The smallest absolute Gasteiger partial charge is 0.508 e. The molecule has 4 aliphatic carbocycles. The van der Waals surface area contributed by atoms with E-state index in [0.29, 0.717) is 40.1 Å². The Morgan fingerprint density at radius 3 is 2.38 bits per heavy atom. The first-order valence-corrected chi connectivity index (χ1v) is 19.6. The van der Waals surface area contributed by atoms with Crippen LogP contribution in [-0.4, -0.2) is 74.6 Å². The van der Waals surface area contributed by atoms with E-state index in [-0.39, 0.29) is 36.8 Å². The van der Waals surface area contributed by atoms with Crippen LogP contribution in [0.15, 0.2) is 23.8 Å². The summed E-state index contributed by atoms with van der Waals surface area (Å²) in [6, 6.07) is 0. The molecule has 1 unspecified atom stereocenters. The molecule has 10 heteroatoms. The van der Waals surface area contributed by atoms with Crippen molar-refractivity contribution in [1.82, 2.24) is 0 Å². The number of fused-ring (bicyclic) bond motifs is 5. The quantitative estimate of drug-likeness (QED) is 0.0635. The predicted octanol–water partition coefficient (Wildman–Crippen LogP) is 8.62. The number of likely N-dealkylation sites (N-methyl/N-ethyl adjacent to an activating group) is 1. The molecule has 3 saturated carbocycles. The van der Waals surface area contributed by atoms with Crippen LogP contribution in [0, 0.1) is 52.3 Å². The number of phosphoric ester groups is 1. The summed E-state index contributed by atoms with van der Waals surface area (Å²) < 4.78 is 33.5. The van der Waals surface area contributed by atoms with Crippen molar-refractivity contribution in [2.24, 2.45) is 52.3 Å². The zero-order chi connectivity index (χ0) is 33.9. The van der Waals surface area contributed by atoms with E-state index in [2.05, 4.69) is 59.8 Å². The normalized spacial score (nSPS) is 34.7. The van der Waals surface area contributed by atoms with Gasteiger partial charge in [0.25, 0.3) is 0 Å². The van der Waals surface area contributed by atoms with Crippen LogP contribution in [0.4, 0.5) is 4.79 Å². The first-order chi connectivity index (χ1) is 21.5. The maximum atomic E-state index is 12.5. The van der Waals surface area contributed by atoms with Crippen LogP contribution in [0.3, 0.4) is 0 Å². The van der Waals surface area contributed by atoms with Crippen LogP contribution in [-0.2, 0) is 23.1 Å². The molecule has 0 bridgehead atoms. The molecule has 0 aromatic rings. The second-order valence-corrected chi connectivity index (χ2v) is 18.2. The van der Waals surface area contributed by atoms with Crippen molar-refractivity contribution in [2.75, 3.05) is 47.5 Å². The number of ether oxygens (including phenoxy) is 2. The lowest BCUT2D eigenvalue weighted by molar-refractivity contribution is -0.870. The molecule has 0 radical (unpaired) electrons. The van der Waals surface area contributed by atoms with Gasteiger partial charge in [0.15, 0.2) is 0 Å². The van der Waals surface area contributed by atoms with Gasteiger partial charge in [-0.2, -0.15) is 0 Å². The lowest BCUT2D eigenvalue weighted by atomic mass is 9.47. The summed E-state index contributed by atoms with van der Waals surface area (Å²) in [4.78, 5) is 22.3. The Kier molecular flexibility index (Phi) is 13.9. The maximum Gasteiger partial charge on any atom is 0.508 e. The molecule has 2 N–H and O–H groups in total. The highest BCUT2D eigenvalue weighted by Crippen LogP contribution is 2.67. The number of phosphoric acid groups is 1. The standard InChI is InChI=1S/C37H64NO7P.H2O/c1-10-28(26(2)3)12-11-27(4)32-15-16-33-31-14-13-29-25-30(17-19-36(29,5)34(31)18-20-37(32,33)6)45-35(39)42-23-24-44-46(40,41)43-22-21-38(7,8)9;/h11-13,26-28,30-34H,10,14-25H2,1-9H3;1H2/b12-11+;/t27-,28-,30+,31+,32-,33+,34+,36+,37-;/m1./s1. The maximum absolute atomic E-state index is 12.5. The van der Waals surface area contributed by atoms with Gasteiger partial charge in [-0.15, -0.1) is 0 Å². The third-order valence-electron chi connectivity index (χ3n) is 12.6. The summed E-state index contributed by atoms with van der Waals surface area (Å²) in [7, 11) is 1.70. The number of quaternary nitrogens is 1. The molecule has 0 aromatic heterocycles. The van der Waals surface area contributed by atoms with Gasteiger partial charge in [0.1, 0.15) is 25.9 Å². The van der Waals surface area contributed by atoms with Crippen molar-refractivity contribution in [1.29, 1.82) is 0 Å². The van der Waals surface area contributed by atoms with Gasteiger partial charge in [-0.05, 0) is 104 Å². The zero-order valence-electron chi connectivity index (χ0n) is 30.8. The number of hydrogen-bond acceptors (Lipinski definition) is 7. The van der Waals surface area contributed by atoms with Crippen LogP contribution >= 0.6 is 7.82 Å². The third-order valence-corrected chi connectivity index (χ3v) is 13.6. The fourth-order valence-corrected chi connectivity index (χ4v) is 10.5. The Hall–Kier alpha value is -1.22. The number of carbonyl (C=O) groups excluding carboxylic acids is 1. The molecular formula is C37H66NO8P. The van der Waals surface area contributed by atoms with Crippen molar-refractivity contribution < 1.29 is 42.7 Å². The van der Waals surface area contributed by atoms with Crippen LogP contribution < -0.4 is 0 Å². The van der Waals surface area contributed by atoms with Gasteiger partial charge in [-0.3, -0.25) is 9.05 Å². The van der Waals surface area contributed by atoms with E-state index < -0.39 is 14.0 Å². The number of allylic oxidation sites excluding steroid dienone is 3. The Balaban J connectivity index is 0.00000600. The topological polar surface area (TPSA) is 121 Å². The molecule has 10 atom stereocenters. The fourth-order valence-electron chi connectivity index (χ4n) is 9.83. The lowest BCUT2D eigenvalue weighted by Gasteiger charge is -2.58. The van der Waals surface area contributed by atoms with Gasteiger partial charge in [0, 0.05) is 6.42 Å². The van der Waals surface area contributed by atoms with Gasteiger partial charge in [-0.25, -0.2) is 9.36 Å². The summed E-state index contributed by atoms with van der Waals surface area (Å²) in [5.74, 6) is 5.00. The molecule has 4 rings (SSSR count). The molecule has 0 saturated heterocycles. The molecule has 47 heavy (non-hydrogen) atoms. The first kappa shape index (κ1) is 40.2. The molecule has 272 valence electrons. The molecule has 0 spiro atoms. The van der Waals surface area contributed by atoms with E-state index in [9.17, 15) is 14.3 Å². The van der Waals surface area contributed by atoms with Crippen LogP contribution in [0.25, 0.3) is 0 Å². The average molecular weight is 684 g/mol. The van der Waals surface area contributed by atoms with Crippen molar-refractivity contribution in [3.05, 3.63) is 23.8 Å². The Bertz CT molecular complexity index is 1150. The lowest BCUT2D eigenvalue weighted by Crippen LogP contribution is -2.51. The summed E-state index contributed by atoms with van der Waals surface area (Å²) in [5.41, 5.74) is 2.05. The number of rotatable bonds is 14. The number of carbonyl (C=O) groups is 1. The highest BCUT2D eigenvalue weighted by Gasteiger charge is 2.59. The van der Waals surface area contributed by atoms with Crippen LogP contribution in [0.5, 0.6) is 0 Å². The zero-order valence-corrected chi connectivity index (χ0v) is 31.7. The van der Waals surface area contributed by atoms with E-state index >= 15 is 0 Å². The summed E-state index contributed by atoms with van der Waals surface area (Å²) in [6.07, 6.45) is 16.9.